The third kappa shape index (κ3) is 3.47. The molecule has 1 aromatic carbocycles. The summed E-state index contributed by atoms with van der Waals surface area (Å²) in [7, 11) is 0. The lowest BCUT2D eigenvalue weighted by Crippen LogP contribution is -2.04. The second-order valence-electron chi connectivity index (χ2n) is 4.59. The van der Waals surface area contributed by atoms with Crippen molar-refractivity contribution in [3.8, 4) is 5.75 Å². The molecule has 0 fully saturated rings. The lowest BCUT2D eigenvalue weighted by Gasteiger charge is -2.14. The van der Waals surface area contributed by atoms with Gasteiger partial charge in [-0.15, -0.1) is 0 Å². The zero-order valence-electron chi connectivity index (χ0n) is 11.7. The second-order valence-corrected chi connectivity index (χ2v) is 4.59. The van der Waals surface area contributed by atoms with E-state index in [1.54, 1.807) is 0 Å². The van der Waals surface area contributed by atoms with Gasteiger partial charge in [-0.2, -0.15) is 0 Å². The van der Waals surface area contributed by atoms with Crippen molar-refractivity contribution < 1.29 is 4.74 Å². The zero-order valence-corrected chi connectivity index (χ0v) is 11.7. The van der Waals surface area contributed by atoms with Crippen LogP contribution in [0.2, 0.25) is 0 Å². The maximum atomic E-state index is 5.66. The summed E-state index contributed by atoms with van der Waals surface area (Å²) >= 11 is 0. The van der Waals surface area contributed by atoms with Crippen LogP contribution in [0.25, 0.3) is 0 Å². The van der Waals surface area contributed by atoms with Gasteiger partial charge in [-0.05, 0) is 55.7 Å². The van der Waals surface area contributed by atoms with E-state index in [0.717, 1.165) is 18.0 Å². The van der Waals surface area contributed by atoms with Crippen molar-refractivity contribution in [2.24, 2.45) is 0 Å². The molecule has 100 valence electrons. The number of nitrogens with zero attached hydrogens (tertiary/aromatic N) is 1. The molecule has 3 heteroatoms. The molecule has 0 saturated carbocycles. The van der Waals surface area contributed by atoms with Gasteiger partial charge >= 0.3 is 0 Å². The number of benzene rings is 1. The third-order valence-corrected chi connectivity index (χ3v) is 3.05. The van der Waals surface area contributed by atoms with Crippen molar-refractivity contribution >= 4 is 5.69 Å². The average Bonchev–Trinajstić information content (AvgIpc) is 2.40. The first-order valence-electron chi connectivity index (χ1n) is 6.57. The third-order valence-electron chi connectivity index (χ3n) is 3.05. The molecule has 19 heavy (non-hydrogen) atoms. The van der Waals surface area contributed by atoms with Crippen LogP contribution in [-0.4, -0.2) is 11.6 Å². The first-order valence-corrected chi connectivity index (χ1v) is 6.57. The number of rotatable bonds is 5. The quantitative estimate of drug-likeness (QED) is 0.885. The summed E-state index contributed by atoms with van der Waals surface area (Å²) < 4.78 is 5.66. The fourth-order valence-electron chi connectivity index (χ4n) is 1.92. The summed E-state index contributed by atoms with van der Waals surface area (Å²) in [5.74, 6) is 0.907. The minimum Gasteiger partial charge on any atom is -0.492 e. The molecule has 0 aliphatic carbocycles. The number of pyridine rings is 1. The van der Waals surface area contributed by atoms with Gasteiger partial charge in [-0.1, -0.05) is 6.07 Å². The van der Waals surface area contributed by atoms with E-state index in [9.17, 15) is 0 Å². The molecule has 0 unspecified atom stereocenters. The van der Waals surface area contributed by atoms with Gasteiger partial charge in [0.1, 0.15) is 5.75 Å². The van der Waals surface area contributed by atoms with Crippen LogP contribution in [0, 0.1) is 13.8 Å². The van der Waals surface area contributed by atoms with E-state index in [4.69, 9.17) is 4.74 Å². The number of anilines is 1. The molecule has 1 N–H and O–H groups in total. The zero-order chi connectivity index (χ0) is 13.7. The summed E-state index contributed by atoms with van der Waals surface area (Å²) in [6.07, 6.45) is 3.72. The maximum absolute atomic E-state index is 5.66. The topological polar surface area (TPSA) is 34.1 Å². The van der Waals surface area contributed by atoms with Gasteiger partial charge in [-0.3, -0.25) is 4.98 Å². The smallest absolute Gasteiger partial charge is 0.142 e. The SMILES string of the molecule is CCOc1cc(C)ccc1NCc1cnccc1C. The van der Waals surface area contributed by atoms with Crippen LogP contribution in [0.1, 0.15) is 23.6 Å². The summed E-state index contributed by atoms with van der Waals surface area (Å²) in [4.78, 5) is 4.16. The molecule has 0 bridgehead atoms. The molecule has 1 heterocycles. The first kappa shape index (κ1) is 13.4. The Morgan fingerprint density at radius 3 is 2.79 bits per heavy atom. The van der Waals surface area contributed by atoms with Crippen LogP contribution in [0.3, 0.4) is 0 Å². The average molecular weight is 256 g/mol. The van der Waals surface area contributed by atoms with Crippen molar-refractivity contribution in [1.29, 1.82) is 0 Å². The lowest BCUT2D eigenvalue weighted by molar-refractivity contribution is 0.341. The van der Waals surface area contributed by atoms with E-state index >= 15 is 0 Å². The highest BCUT2D eigenvalue weighted by atomic mass is 16.5. The number of ether oxygens (including phenoxy) is 1. The lowest BCUT2D eigenvalue weighted by atomic mass is 10.1. The van der Waals surface area contributed by atoms with Gasteiger partial charge in [-0.25, -0.2) is 0 Å². The van der Waals surface area contributed by atoms with Crippen molar-refractivity contribution in [2.45, 2.75) is 27.3 Å². The highest BCUT2D eigenvalue weighted by Crippen LogP contribution is 2.26. The Bertz CT molecular complexity index is 552. The van der Waals surface area contributed by atoms with Gasteiger partial charge in [0, 0.05) is 18.9 Å². The molecular weight excluding hydrogens is 236 g/mol. The largest absolute Gasteiger partial charge is 0.492 e. The molecule has 0 aliphatic rings. The van der Waals surface area contributed by atoms with E-state index in [2.05, 4.69) is 42.3 Å². The predicted molar refractivity (Wildman–Crippen MR) is 78.6 cm³/mol. The van der Waals surface area contributed by atoms with Crippen LogP contribution in [0.15, 0.2) is 36.7 Å². The maximum Gasteiger partial charge on any atom is 0.142 e. The van der Waals surface area contributed by atoms with Gasteiger partial charge in [0.05, 0.1) is 12.3 Å². The van der Waals surface area contributed by atoms with Gasteiger partial charge in [0.2, 0.25) is 0 Å². The van der Waals surface area contributed by atoms with Crippen molar-refractivity contribution in [3.05, 3.63) is 53.3 Å². The monoisotopic (exact) mass is 256 g/mol. The number of aromatic nitrogens is 1. The Balaban J connectivity index is 2.13. The van der Waals surface area contributed by atoms with E-state index in [1.807, 2.05) is 25.4 Å². The van der Waals surface area contributed by atoms with E-state index < -0.39 is 0 Å². The number of hydrogen-bond acceptors (Lipinski definition) is 3. The second kappa shape index (κ2) is 6.23. The van der Waals surface area contributed by atoms with E-state index in [0.29, 0.717) is 6.61 Å². The standard InChI is InChI=1S/C16H20N2O/c1-4-19-16-9-12(2)5-6-15(16)18-11-14-10-17-8-7-13(14)3/h5-10,18H,4,11H2,1-3H3. The summed E-state index contributed by atoms with van der Waals surface area (Å²) in [5.41, 5.74) is 4.67. The van der Waals surface area contributed by atoms with Gasteiger partial charge < -0.3 is 10.1 Å². The Hall–Kier alpha value is -2.03. The van der Waals surface area contributed by atoms with E-state index in [-0.39, 0.29) is 0 Å². The highest BCUT2D eigenvalue weighted by molar-refractivity contribution is 5.58. The molecular formula is C16H20N2O. The molecule has 0 amide bonds. The summed E-state index contributed by atoms with van der Waals surface area (Å²) in [6.45, 7) is 7.58. The number of nitrogens with one attached hydrogen (secondary N) is 1. The number of hydrogen-bond donors (Lipinski definition) is 1. The molecule has 0 radical (unpaired) electrons. The molecule has 0 aliphatic heterocycles. The molecule has 3 nitrogen and oxygen atoms in total. The molecule has 0 spiro atoms. The van der Waals surface area contributed by atoms with Crippen molar-refractivity contribution in [2.75, 3.05) is 11.9 Å². The molecule has 0 atom stereocenters. The Morgan fingerprint density at radius 1 is 1.21 bits per heavy atom. The molecule has 2 rings (SSSR count). The number of aryl methyl sites for hydroxylation is 2. The Labute approximate surface area is 114 Å². The Kier molecular flexibility index (Phi) is 4.39. The van der Waals surface area contributed by atoms with Crippen molar-refractivity contribution in [1.82, 2.24) is 4.98 Å². The molecule has 1 aromatic heterocycles. The van der Waals surface area contributed by atoms with Crippen LogP contribution >= 0.6 is 0 Å². The summed E-state index contributed by atoms with van der Waals surface area (Å²) in [5, 5.41) is 3.42. The molecule has 2 aromatic rings. The van der Waals surface area contributed by atoms with Crippen LogP contribution in [-0.2, 0) is 6.54 Å². The van der Waals surface area contributed by atoms with E-state index in [1.165, 1.54) is 16.7 Å². The van der Waals surface area contributed by atoms with Crippen molar-refractivity contribution in [3.63, 3.8) is 0 Å². The predicted octanol–water partition coefficient (Wildman–Crippen LogP) is 3.71. The highest BCUT2D eigenvalue weighted by Gasteiger charge is 2.04. The fourth-order valence-corrected chi connectivity index (χ4v) is 1.92. The molecule has 0 saturated heterocycles. The first-order chi connectivity index (χ1) is 9.20. The minimum atomic E-state index is 0.671. The Morgan fingerprint density at radius 2 is 2.05 bits per heavy atom. The fraction of sp³-hybridized carbons (Fsp3) is 0.312. The van der Waals surface area contributed by atoms with Gasteiger partial charge in [0.15, 0.2) is 0 Å². The minimum absolute atomic E-state index is 0.671. The van der Waals surface area contributed by atoms with Crippen LogP contribution in [0.5, 0.6) is 5.75 Å². The van der Waals surface area contributed by atoms with Crippen LogP contribution in [0.4, 0.5) is 5.69 Å². The van der Waals surface area contributed by atoms with Gasteiger partial charge in [0.25, 0.3) is 0 Å². The summed E-state index contributed by atoms with van der Waals surface area (Å²) in [6, 6.07) is 8.23. The normalized spacial score (nSPS) is 10.3. The van der Waals surface area contributed by atoms with Crippen LogP contribution < -0.4 is 10.1 Å².